The summed E-state index contributed by atoms with van der Waals surface area (Å²) in [5.74, 6) is 0. The number of pyridine rings is 1. The number of amides is 1. The van der Waals surface area contributed by atoms with Gasteiger partial charge in [-0.05, 0) is 35.4 Å². The first-order valence-electron chi connectivity index (χ1n) is 9.16. The van der Waals surface area contributed by atoms with Gasteiger partial charge in [0, 0.05) is 37.5 Å². The molecule has 0 aliphatic carbocycles. The molecule has 3 aromatic rings. The van der Waals surface area contributed by atoms with E-state index >= 15 is 0 Å². The molecule has 0 unspecified atom stereocenters. The number of carbonyl (C=O) groups excluding carboxylic acids is 1. The second-order valence-corrected chi connectivity index (χ2v) is 6.41. The van der Waals surface area contributed by atoms with E-state index in [9.17, 15) is 4.79 Å². The lowest BCUT2D eigenvalue weighted by Gasteiger charge is -2.23. The van der Waals surface area contributed by atoms with Gasteiger partial charge in [0.1, 0.15) is 6.61 Å². The zero-order valence-corrected chi connectivity index (χ0v) is 15.3. The average Bonchev–Trinajstić information content (AvgIpc) is 2.72. The number of unbranched alkanes of at least 4 members (excludes halogenated alkanes) is 1. The fourth-order valence-electron chi connectivity index (χ4n) is 2.99. The van der Waals surface area contributed by atoms with E-state index in [1.807, 2.05) is 60.8 Å². The van der Waals surface area contributed by atoms with Crippen LogP contribution in [0.25, 0.3) is 10.8 Å². The van der Waals surface area contributed by atoms with Gasteiger partial charge < -0.3 is 14.7 Å². The van der Waals surface area contributed by atoms with Crippen molar-refractivity contribution >= 4 is 16.9 Å². The second kappa shape index (κ2) is 9.69. The number of hydrogen-bond donors (Lipinski definition) is 1. The van der Waals surface area contributed by atoms with Crippen LogP contribution < -0.4 is 0 Å². The Morgan fingerprint density at radius 1 is 1.04 bits per heavy atom. The van der Waals surface area contributed by atoms with E-state index in [-0.39, 0.29) is 19.3 Å². The summed E-state index contributed by atoms with van der Waals surface area (Å²) >= 11 is 0. The quantitative estimate of drug-likeness (QED) is 0.610. The number of fused-ring (bicyclic) bond motifs is 1. The lowest BCUT2D eigenvalue weighted by molar-refractivity contribution is 0.0924. The fourth-order valence-corrected chi connectivity index (χ4v) is 2.99. The molecule has 140 valence electrons. The molecule has 2 aromatic carbocycles. The lowest BCUT2D eigenvalue weighted by atomic mass is 10.1. The van der Waals surface area contributed by atoms with Gasteiger partial charge in [0.25, 0.3) is 0 Å². The van der Waals surface area contributed by atoms with Crippen molar-refractivity contribution in [2.75, 3.05) is 13.2 Å². The van der Waals surface area contributed by atoms with Crippen molar-refractivity contribution in [3.05, 3.63) is 78.1 Å². The van der Waals surface area contributed by atoms with Gasteiger partial charge in [0.15, 0.2) is 0 Å². The van der Waals surface area contributed by atoms with Gasteiger partial charge in [0.2, 0.25) is 0 Å². The van der Waals surface area contributed by atoms with Gasteiger partial charge in [-0.3, -0.25) is 4.98 Å². The summed E-state index contributed by atoms with van der Waals surface area (Å²) in [6.45, 7) is 1.36. The molecule has 1 N–H and O–H groups in total. The Hall–Kier alpha value is -2.92. The van der Waals surface area contributed by atoms with Crippen molar-refractivity contribution in [1.82, 2.24) is 9.88 Å². The molecule has 3 rings (SSSR count). The zero-order valence-electron chi connectivity index (χ0n) is 15.3. The van der Waals surface area contributed by atoms with E-state index in [1.54, 1.807) is 11.1 Å². The Bertz CT molecular complexity index is 862. The molecule has 0 aliphatic heterocycles. The first kappa shape index (κ1) is 18.9. The number of nitrogens with zero attached hydrogens (tertiary/aromatic N) is 2. The van der Waals surface area contributed by atoms with Gasteiger partial charge in [-0.25, -0.2) is 4.79 Å². The monoisotopic (exact) mass is 364 g/mol. The van der Waals surface area contributed by atoms with Crippen molar-refractivity contribution in [1.29, 1.82) is 0 Å². The van der Waals surface area contributed by atoms with E-state index in [0.29, 0.717) is 19.5 Å². The van der Waals surface area contributed by atoms with Gasteiger partial charge in [0.05, 0.1) is 0 Å². The smallest absolute Gasteiger partial charge is 0.410 e. The van der Waals surface area contributed by atoms with Crippen LogP contribution in [-0.2, 0) is 17.9 Å². The molecular formula is C22H24N2O3. The Balaban J connectivity index is 1.72. The number of rotatable bonds is 8. The zero-order chi connectivity index (χ0) is 18.9. The molecule has 5 heteroatoms. The summed E-state index contributed by atoms with van der Waals surface area (Å²) in [5, 5.41) is 11.2. The SMILES string of the molecule is O=C(OCc1ccccc1)N(CCCCO)Cc1cccc2cnccc12. The van der Waals surface area contributed by atoms with Crippen LogP contribution >= 0.6 is 0 Å². The van der Waals surface area contributed by atoms with Crippen LogP contribution in [-0.4, -0.2) is 34.2 Å². The maximum atomic E-state index is 12.7. The topological polar surface area (TPSA) is 62.7 Å². The number of carbonyl (C=O) groups is 1. The fraction of sp³-hybridized carbons (Fsp3) is 0.273. The predicted octanol–water partition coefficient (Wildman–Crippen LogP) is 4.15. The second-order valence-electron chi connectivity index (χ2n) is 6.41. The van der Waals surface area contributed by atoms with Gasteiger partial charge in [-0.15, -0.1) is 0 Å². The maximum absolute atomic E-state index is 12.7. The highest BCUT2D eigenvalue weighted by Gasteiger charge is 2.16. The molecule has 1 aromatic heterocycles. The Morgan fingerprint density at radius 3 is 2.70 bits per heavy atom. The average molecular weight is 364 g/mol. The highest BCUT2D eigenvalue weighted by atomic mass is 16.6. The third-order valence-electron chi connectivity index (χ3n) is 4.43. The molecule has 1 amide bonds. The molecule has 0 saturated heterocycles. The van der Waals surface area contributed by atoms with E-state index in [0.717, 1.165) is 28.3 Å². The molecule has 0 radical (unpaired) electrons. The van der Waals surface area contributed by atoms with Crippen molar-refractivity contribution < 1.29 is 14.6 Å². The van der Waals surface area contributed by atoms with E-state index in [1.165, 1.54) is 0 Å². The number of aromatic nitrogens is 1. The molecular weight excluding hydrogens is 340 g/mol. The van der Waals surface area contributed by atoms with Crippen molar-refractivity contribution in [3.63, 3.8) is 0 Å². The number of benzene rings is 2. The normalized spacial score (nSPS) is 10.7. The molecule has 0 aliphatic rings. The third kappa shape index (κ3) is 5.28. The lowest BCUT2D eigenvalue weighted by Crippen LogP contribution is -2.32. The highest BCUT2D eigenvalue weighted by molar-refractivity contribution is 5.85. The Labute approximate surface area is 159 Å². The van der Waals surface area contributed by atoms with Gasteiger partial charge in [-0.2, -0.15) is 0 Å². The molecule has 27 heavy (non-hydrogen) atoms. The van der Waals surface area contributed by atoms with Gasteiger partial charge in [-0.1, -0.05) is 48.5 Å². The summed E-state index contributed by atoms with van der Waals surface area (Å²) < 4.78 is 5.52. The number of hydrogen-bond acceptors (Lipinski definition) is 4. The number of aliphatic hydroxyl groups excluding tert-OH is 1. The highest BCUT2D eigenvalue weighted by Crippen LogP contribution is 2.20. The van der Waals surface area contributed by atoms with Crippen LogP contribution in [0.4, 0.5) is 4.79 Å². The summed E-state index contributed by atoms with van der Waals surface area (Å²) in [5.41, 5.74) is 2.01. The first-order valence-corrected chi connectivity index (χ1v) is 9.16. The van der Waals surface area contributed by atoms with Crippen molar-refractivity contribution in [3.8, 4) is 0 Å². The van der Waals surface area contributed by atoms with Crippen LogP contribution in [0.3, 0.4) is 0 Å². The van der Waals surface area contributed by atoms with Crippen LogP contribution in [0.2, 0.25) is 0 Å². The molecule has 0 saturated carbocycles. The molecule has 0 atom stereocenters. The summed E-state index contributed by atoms with van der Waals surface area (Å²) in [6, 6.07) is 17.6. The third-order valence-corrected chi connectivity index (χ3v) is 4.43. The summed E-state index contributed by atoms with van der Waals surface area (Å²) in [4.78, 5) is 18.5. The van der Waals surface area contributed by atoms with Crippen LogP contribution in [0.15, 0.2) is 67.0 Å². The summed E-state index contributed by atoms with van der Waals surface area (Å²) in [6.07, 6.45) is 4.62. The minimum atomic E-state index is -0.345. The molecule has 0 spiro atoms. The van der Waals surface area contributed by atoms with E-state index < -0.39 is 0 Å². The van der Waals surface area contributed by atoms with Crippen LogP contribution in [0.5, 0.6) is 0 Å². The molecule has 1 heterocycles. The van der Waals surface area contributed by atoms with Crippen LogP contribution in [0.1, 0.15) is 24.0 Å². The van der Waals surface area contributed by atoms with Crippen molar-refractivity contribution in [2.45, 2.75) is 26.0 Å². The molecule has 0 fully saturated rings. The minimum absolute atomic E-state index is 0.118. The van der Waals surface area contributed by atoms with E-state index in [4.69, 9.17) is 9.84 Å². The Kier molecular flexibility index (Phi) is 6.77. The largest absolute Gasteiger partial charge is 0.445 e. The minimum Gasteiger partial charge on any atom is -0.445 e. The van der Waals surface area contributed by atoms with Crippen molar-refractivity contribution in [2.24, 2.45) is 0 Å². The van der Waals surface area contributed by atoms with E-state index in [2.05, 4.69) is 4.98 Å². The number of ether oxygens (including phenoxy) is 1. The first-order chi connectivity index (χ1) is 13.3. The Morgan fingerprint density at radius 2 is 1.89 bits per heavy atom. The summed E-state index contributed by atoms with van der Waals surface area (Å²) in [7, 11) is 0. The van der Waals surface area contributed by atoms with Crippen LogP contribution in [0, 0.1) is 0 Å². The molecule has 0 bridgehead atoms. The predicted molar refractivity (Wildman–Crippen MR) is 105 cm³/mol. The van der Waals surface area contributed by atoms with Gasteiger partial charge >= 0.3 is 6.09 Å². The molecule has 5 nitrogen and oxygen atoms in total. The standard InChI is InChI=1S/C22H24N2O3/c25-14-5-4-13-24(22(26)27-17-18-7-2-1-3-8-18)16-20-10-6-9-19-15-23-12-11-21(19)20/h1-3,6-12,15,25H,4-5,13-14,16-17H2. The number of aliphatic hydroxyl groups is 1. The maximum Gasteiger partial charge on any atom is 0.410 e.